The Balaban J connectivity index is 1.72. The number of anilines is 3. The predicted molar refractivity (Wildman–Crippen MR) is 83.3 cm³/mol. The summed E-state index contributed by atoms with van der Waals surface area (Å²) in [6.45, 7) is 3.35. The van der Waals surface area contributed by atoms with Gasteiger partial charge in [-0.2, -0.15) is 5.10 Å². The van der Waals surface area contributed by atoms with Crippen molar-refractivity contribution in [2.24, 2.45) is 0 Å². The number of aromatic nitrogens is 2. The first-order valence-corrected chi connectivity index (χ1v) is 7.66. The number of ether oxygens (including phenoxy) is 2. The molecule has 2 heterocycles. The van der Waals surface area contributed by atoms with Crippen molar-refractivity contribution in [2.45, 2.75) is 50.7 Å². The minimum Gasteiger partial charge on any atom is -0.394 e. The lowest BCUT2D eigenvalue weighted by Crippen LogP contribution is -2.44. The Morgan fingerprint density at radius 2 is 2.13 bits per heavy atom. The van der Waals surface area contributed by atoms with E-state index in [0.717, 1.165) is 0 Å². The number of rotatable bonds is 6. The number of aliphatic hydroxyl groups excluding tert-OH is 1. The number of nitrogens with one attached hydrogen (secondary N) is 3. The van der Waals surface area contributed by atoms with Gasteiger partial charge in [-0.05, 0) is 26.7 Å². The Morgan fingerprint density at radius 1 is 1.39 bits per heavy atom. The maximum Gasteiger partial charge on any atom is 0.193 e. The number of fused-ring (bicyclic) bond motifs is 1. The summed E-state index contributed by atoms with van der Waals surface area (Å²) in [5.74, 6) is -0.0957. The van der Waals surface area contributed by atoms with Crippen LogP contribution in [0.4, 0.5) is 17.3 Å². The van der Waals surface area contributed by atoms with Gasteiger partial charge >= 0.3 is 0 Å². The van der Waals surface area contributed by atoms with Crippen LogP contribution >= 0.6 is 0 Å². The molecule has 1 aliphatic carbocycles. The summed E-state index contributed by atoms with van der Waals surface area (Å²) in [6, 6.07) is 0.0440. The number of H-pyrrole nitrogens is 1. The number of hydrazine groups is 2. The summed E-state index contributed by atoms with van der Waals surface area (Å²) in [6.07, 6.45) is 0.803. The monoisotopic (exact) mass is 328 g/mol. The molecule has 1 aliphatic heterocycles. The number of nitrogen functional groups attached to an aromatic ring is 1. The highest BCUT2D eigenvalue weighted by atomic mass is 16.6. The third-order valence-corrected chi connectivity index (χ3v) is 3.96. The van der Waals surface area contributed by atoms with Crippen molar-refractivity contribution in [1.29, 1.82) is 0 Å². The summed E-state index contributed by atoms with van der Waals surface area (Å²) in [7, 11) is 0. The van der Waals surface area contributed by atoms with Crippen molar-refractivity contribution in [3.63, 3.8) is 0 Å². The van der Waals surface area contributed by atoms with Gasteiger partial charge in [0.1, 0.15) is 11.5 Å². The van der Waals surface area contributed by atoms with Crippen LogP contribution in [0.2, 0.25) is 0 Å². The van der Waals surface area contributed by atoms with Crippen LogP contribution in [-0.4, -0.2) is 57.7 Å². The second kappa shape index (κ2) is 6.13. The molecule has 0 aromatic carbocycles. The van der Waals surface area contributed by atoms with E-state index in [1.807, 2.05) is 5.01 Å². The average Bonchev–Trinajstić information content (AvgIpc) is 3.12. The van der Waals surface area contributed by atoms with Crippen molar-refractivity contribution in [3.05, 3.63) is 0 Å². The molecule has 2 aliphatic rings. The van der Waals surface area contributed by atoms with Crippen molar-refractivity contribution in [2.75, 3.05) is 29.4 Å². The summed E-state index contributed by atoms with van der Waals surface area (Å²) in [5.41, 5.74) is 12.5. The van der Waals surface area contributed by atoms with E-state index in [4.69, 9.17) is 20.3 Å². The number of nitrogens with zero attached hydrogens (tertiary/aromatic N) is 2. The molecule has 23 heavy (non-hydrogen) atoms. The Kier molecular flexibility index (Phi) is 4.34. The highest BCUT2D eigenvalue weighted by molar-refractivity contribution is 5.79. The van der Waals surface area contributed by atoms with Gasteiger partial charge in [-0.25, -0.2) is 0 Å². The van der Waals surface area contributed by atoms with E-state index >= 15 is 0 Å². The van der Waals surface area contributed by atoms with Gasteiger partial charge in [-0.15, -0.1) is 5.53 Å². The standard InChI is InChI=1S/C13H24N6O4/c1-13(2,21)23-9-6-7(5-8(9)22-4-3-20)19-12-10(15-18-19)11(14)16-17-12/h7-9,15,18,20-21H,3-6H2,1-2H3,(H3,14,16,17). The lowest BCUT2D eigenvalue weighted by atomic mass is 10.2. The molecule has 3 rings (SSSR count). The fourth-order valence-corrected chi connectivity index (χ4v) is 3.10. The van der Waals surface area contributed by atoms with E-state index in [9.17, 15) is 5.11 Å². The van der Waals surface area contributed by atoms with Crippen LogP contribution in [0, 0.1) is 0 Å². The molecule has 0 radical (unpaired) electrons. The van der Waals surface area contributed by atoms with E-state index < -0.39 is 5.79 Å². The third kappa shape index (κ3) is 3.35. The number of aromatic amines is 1. The Labute approximate surface area is 133 Å². The van der Waals surface area contributed by atoms with E-state index in [2.05, 4.69) is 21.2 Å². The molecule has 130 valence electrons. The van der Waals surface area contributed by atoms with Crippen molar-refractivity contribution >= 4 is 17.3 Å². The number of hydrogen-bond donors (Lipinski definition) is 6. The smallest absolute Gasteiger partial charge is 0.193 e. The molecule has 1 aromatic heterocycles. The van der Waals surface area contributed by atoms with Gasteiger partial charge in [0.25, 0.3) is 0 Å². The molecule has 0 bridgehead atoms. The average molecular weight is 328 g/mol. The molecule has 0 saturated heterocycles. The molecular weight excluding hydrogens is 304 g/mol. The Hall–Kier alpha value is -1.59. The zero-order valence-corrected chi connectivity index (χ0v) is 13.2. The van der Waals surface area contributed by atoms with Gasteiger partial charge in [-0.3, -0.25) is 15.5 Å². The summed E-state index contributed by atoms with van der Waals surface area (Å²) in [4.78, 5) is 0. The van der Waals surface area contributed by atoms with Gasteiger partial charge in [0.15, 0.2) is 11.6 Å². The first-order chi connectivity index (χ1) is 10.9. The number of aliphatic hydroxyl groups is 2. The van der Waals surface area contributed by atoms with Crippen LogP contribution in [-0.2, 0) is 9.47 Å². The summed E-state index contributed by atoms with van der Waals surface area (Å²) < 4.78 is 11.4. The van der Waals surface area contributed by atoms with Gasteiger partial charge in [0.05, 0.1) is 31.5 Å². The highest BCUT2D eigenvalue weighted by Gasteiger charge is 2.43. The van der Waals surface area contributed by atoms with Gasteiger partial charge < -0.3 is 25.4 Å². The SMILES string of the molecule is CC(C)(O)OC1CC(N2NNc3c2n[nH]c3N)CC1OCCO. The van der Waals surface area contributed by atoms with Crippen molar-refractivity contribution in [1.82, 2.24) is 15.7 Å². The van der Waals surface area contributed by atoms with Crippen LogP contribution in [0.5, 0.6) is 0 Å². The molecule has 3 unspecified atom stereocenters. The van der Waals surface area contributed by atoms with Crippen molar-refractivity contribution in [3.8, 4) is 0 Å². The lowest BCUT2D eigenvalue weighted by Gasteiger charge is -2.27. The molecule has 10 nitrogen and oxygen atoms in total. The number of hydrogen-bond acceptors (Lipinski definition) is 9. The Morgan fingerprint density at radius 3 is 2.83 bits per heavy atom. The van der Waals surface area contributed by atoms with Crippen molar-refractivity contribution < 1.29 is 19.7 Å². The molecule has 0 amide bonds. The quantitative estimate of drug-likeness (QED) is 0.374. The first-order valence-electron chi connectivity index (χ1n) is 7.66. The normalized spacial score (nSPS) is 27.3. The maximum absolute atomic E-state index is 9.93. The van der Waals surface area contributed by atoms with Crippen LogP contribution in [0.25, 0.3) is 0 Å². The van der Waals surface area contributed by atoms with Crippen LogP contribution in [0.15, 0.2) is 0 Å². The van der Waals surface area contributed by atoms with Crippen LogP contribution in [0.1, 0.15) is 26.7 Å². The largest absolute Gasteiger partial charge is 0.394 e. The van der Waals surface area contributed by atoms with E-state index in [1.54, 1.807) is 13.8 Å². The summed E-state index contributed by atoms with van der Waals surface area (Å²) in [5, 5.41) is 27.7. The second-order valence-corrected chi connectivity index (χ2v) is 6.30. The second-order valence-electron chi connectivity index (χ2n) is 6.30. The molecule has 10 heteroatoms. The van der Waals surface area contributed by atoms with E-state index in [0.29, 0.717) is 30.2 Å². The lowest BCUT2D eigenvalue weighted by molar-refractivity contribution is -0.224. The molecular formula is C13H24N6O4. The highest BCUT2D eigenvalue weighted by Crippen LogP contribution is 2.38. The van der Waals surface area contributed by atoms with E-state index in [-0.39, 0.29) is 31.5 Å². The fraction of sp³-hybridized carbons (Fsp3) is 0.769. The minimum absolute atomic E-state index is 0.0440. The third-order valence-electron chi connectivity index (χ3n) is 3.96. The van der Waals surface area contributed by atoms with Crippen LogP contribution < -0.4 is 21.7 Å². The molecule has 1 saturated carbocycles. The van der Waals surface area contributed by atoms with Crippen LogP contribution in [0.3, 0.4) is 0 Å². The zero-order valence-electron chi connectivity index (χ0n) is 13.2. The molecule has 1 aromatic rings. The van der Waals surface area contributed by atoms with Gasteiger partial charge in [0, 0.05) is 0 Å². The predicted octanol–water partition coefficient (Wildman–Crippen LogP) is -0.703. The first kappa shape index (κ1) is 16.3. The molecule has 7 N–H and O–H groups in total. The maximum atomic E-state index is 9.93. The molecule has 1 fully saturated rings. The Bertz CT molecular complexity index is 545. The van der Waals surface area contributed by atoms with Gasteiger partial charge in [0.2, 0.25) is 0 Å². The zero-order chi connectivity index (χ0) is 16.6. The fourth-order valence-electron chi connectivity index (χ4n) is 3.10. The molecule has 0 spiro atoms. The van der Waals surface area contributed by atoms with Gasteiger partial charge in [-0.1, -0.05) is 0 Å². The number of nitrogens with two attached hydrogens (primary N) is 1. The minimum atomic E-state index is -1.25. The topological polar surface area (TPSA) is 141 Å². The molecule has 3 atom stereocenters. The van der Waals surface area contributed by atoms with E-state index in [1.165, 1.54) is 0 Å². The summed E-state index contributed by atoms with van der Waals surface area (Å²) >= 11 is 0.